The first kappa shape index (κ1) is 14.7. The van der Waals surface area contributed by atoms with Crippen molar-refractivity contribution in [3.05, 3.63) is 69.8 Å². The highest BCUT2D eigenvalue weighted by Gasteiger charge is 2.27. The topological polar surface area (TPSA) is 43.1 Å². The Morgan fingerprint density at radius 2 is 1.55 bits per heavy atom. The van der Waals surface area contributed by atoms with Crippen molar-refractivity contribution in [2.45, 2.75) is 25.9 Å². The summed E-state index contributed by atoms with van der Waals surface area (Å²) in [5.41, 5.74) is 2.73. The number of nitrogens with zero attached hydrogens (tertiary/aromatic N) is 1. The minimum Gasteiger partial charge on any atom is -0.258 e. The van der Waals surface area contributed by atoms with Crippen LogP contribution in [0.2, 0.25) is 0 Å². The maximum absolute atomic E-state index is 10.7. The molecule has 0 fully saturated rings. The largest absolute Gasteiger partial charge is 0.269 e. The molecule has 1 atom stereocenters. The van der Waals surface area contributed by atoms with E-state index in [2.05, 4.69) is 45.0 Å². The smallest absolute Gasteiger partial charge is 0.258 e. The van der Waals surface area contributed by atoms with E-state index in [1.807, 2.05) is 12.1 Å². The van der Waals surface area contributed by atoms with Crippen LogP contribution in [0.1, 0.15) is 25.0 Å². The summed E-state index contributed by atoms with van der Waals surface area (Å²) in [7, 11) is 0.00777. The molecule has 0 aliphatic heterocycles. The quantitative estimate of drug-likeness (QED) is 0.487. The third kappa shape index (κ3) is 3.43. The fourth-order valence-corrected chi connectivity index (χ4v) is 3.75. The molecule has 4 heteroatoms. The zero-order valence-corrected chi connectivity index (χ0v) is 13.1. The van der Waals surface area contributed by atoms with E-state index in [-0.39, 0.29) is 24.3 Å². The molecular formula is C16H19NO2P+. The lowest BCUT2D eigenvalue weighted by atomic mass is 10.0. The van der Waals surface area contributed by atoms with Crippen molar-refractivity contribution in [2.75, 3.05) is 0 Å². The number of aryl methyl sites for hydroxylation is 1. The van der Waals surface area contributed by atoms with Gasteiger partial charge in [-0.3, -0.25) is 10.1 Å². The summed E-state index contributed by atoms with van der Waals surface area (Å²) in [5, 5.41) is 11.9. The number of hydrogen-bond donors (Lipinski definition) is 0. The molecule has 0 spiro atoms. The van der Waals surface area contributed by atoms with Gasteiger partial charge >= 0.3 is 0 Å². The molecule has 0 radical (unpaired) electrons. The minimum atomic E-state index is -0.357. The van der Waals surface area contributed by atoms with Gasteiger partial charge in [0.1, 0.15) is 0 Å². The number of benzene rings is 2. The summed E-state index contributed by atoms with van der Waals surface area (Å²) in [6, 6.07) is 15.5. The molecule has 0 heterocycles. The van der Waals surface area contributed by atoms with Gasteiger partial charge in [-0.05, 0) is 38.5 Å². The molecule has 0 saturated carbocycles. The third-order valence-corrected chi connectivity index (χ3v) is 5.20. The zero-order chi connectivity index (χ0) is 14.8. The first-order chi connectivity index (χ1) is 9.38. The van der Waals surface area contributed by atoms with Crippen molar-refractivity contribution < 1.29 is 4.92 Å². The van der Waals surface area contributed by atoms with Gasteiger partial charge in [-0.25, -0.2) is 0 Å². The summed E-state index contributed by atoms with van der Waals surface area (Å²) < 4.78 is 0. The maximum Gasteiger partial charge on any atom is 0.269 e. The lowest BCUT2D eigenvalue weighted by Crippen LogP contribution is -2.14. The number of non-ortho nitro benzene ring substituents is 1. The lowest BCUT2D eigenvalue weighted by Gasteiger charge is -2.19. The van der Waals surface area contributed by atoms with E-state index in [0.717, 1.165) is 0 Å². The molecule has 0 aliphatic carbocycles. The Bertz CT molecular complexity index is 603. The van der Waals surface area contributed by atoms with Gasteiger partial charge in [0.2, 0.25) is 0 Å². The van der Waals surface area contributed by atoms with Crippen molar-refractivity contribution in [2.24, 2.45) is 0 Å². The summed E-state index contributed by atoms with van der Waals surface area (Å²) in [6.07, 6.45) is 0. The molecule has 104 valence electrons. The Hall–Kier alpha value is -1.73. The Labute approximate surface area is 121 Å². The standard InChI is InChI=1S/C16H18NO2P/c1-12-4-6-13(7-5-12)16(2,3)20-15-10-8-14(9-11-15)17(18)19/h4-11,20H,1-3H3/p+1. The molecule has 0 amide bonds. The number of nitro groups is 1. The molecule has 0 bridgehead atoms. The normalized spacial score (nSPS) is 11.9. The molecule has 0 aromatic heterocycles. The summed E-state index contributed by atoms with van der Waals surface area (Å²) in [6.45, 7) is 6.54. The Kier molecular flexibility index (Phi) is 4.20. The highest BCUT2D eigenvalue weighted by atomic mass is 31.1. The Balaban J connectivity index is 2.19. The fraction of sp³-hybridized carbons (Fsp3) is 0.250. The van der Waals surface area contributed by atoms with Gasteiger partial charge in [0, 0.05) is 20.7 Å². The zero-order valence-electron chi connectivity index (χ0n) is 12.0. The van der Waals surface area contributed by atoms with E-state index in [0.29, 0.717) is 0 Å². The van der Waals surface area contributed by atoms with E-state index in [1.165, 1.54) is 16.4 Å². The van der Waals surface area contributed by atoms with Gasteiger partial charge < -0.3 is 0 Å². The summed E-state index contributed by atoms with van der Waals surface area (Å²) in [5.74, 6) is 0. The average Bonchev–Trinajstić information content (AvgIpc) is 2.39. The van der Waals surface area contributed by atoms with Crippen molar-refractivity contribution >= 4 is 19.6 Å². The molecule has 0 aliphatic rings. The maximum atomic E-state index is 10.7. The molecule has 0 saturated heterocycles. The second-order valence-corrected chi connectivity index (χ2v) is 7.98. The number of hydrogen-bond acceptors (Lipinski definition) is 2. The van der Waals surface area contributed by atoms with Crippen molar-refractivity contribution in [3.63, 3.8) is 0 Å². The molecular weight excluding hydrogens is 269 g/mol. The fourth-order valence-electron chi connectivity index (χ4n) is 2.18. The molecule has 1 unspecified atom stereocenters. The van der Waals surface area contributed by atoms with Crippen LogP contribution >= 0.6 is 8.58 Å². The first-order valence-corrected chi connectivity index (χ1v) is 7.71. The summed E-state index contributed by atoms with van der Waals surface area (Å²) in [4.78, 5) is 10.3. The van der Waals surface area contributed by atoms with Crippen molar-refractivity contribution in [1.82, 2.24) is 0 Å². The molecule has 3 nitrogen and oxygen atoms in total. The van der Waals surface area contributed by atoms with Crippen molar-refractivity contribution in [3.8, 4) is 0 Å². The van der Waals surface area contributed by atoms with Gasteiger partial charge in [-0.15, -0.1) is 0 Å². The predicted molar refractivity (Wildman–Crippen MR) is 86.6 cm³/mol. The molecule has 2 aromatic rings. The highest BCUT2D eigenvalue weighted by molar-refractivity contribution is 7.48. The Morgan fingerprint density at radius 3 is 2.05 bits per heavy atom. The van der Waals surface area contributed by atoms with Crippen LogP contribution in [0.15, 0.2) is 48.5 Å². The predicted octanol–water partition coefficient (Wildman–Crippen LogP) is 3.87. The second-order valence-electron chi connectivity index (χ2n) is 5.58. The van der Waals surface area contributed by atoms with Crippen LogP contribution in [0.5, 0.6) is 0 Å². The van der Waals surface area contributed by atoms with Gasteiger partial charge in [-0.1, -0.05) is 29.8 Å². The minimum absolute atomic E-state index is 0.00777. The van der Waals surface area contributed by atoms with E-state index < -0.39 is 0 Å². The van der Waals surface area contributed by atoms with Gasteiger partial charge in [0.25, 0.3) is 5.69 Å². The molecule has 2 aromatic carbocycles. The third-order valence-electron chi connectivity index (χ3n) is 3.43. The van der Waals surface area contributed by atoms with Crippen LogP contribution in [0.4, 0.5) is 5.69 Å². The van der Waals surface area contributed by atoms with E-state index in [4.69, 9.17) is 0 Å². The first-order valence-electron chi connectivity index (χ1n) is 6.56. The van der Waals surface area contributed by atoms with E-state index in [1.54, 1.807) is 12.1 Å². The van der Waals surface area contributed by atoms with Crippen LogP contribution in [-0.2, 0) is 5.16 Å². The second kappa shape index (κ2) is 5.72. The Morgan fingerprint density at radius 1 is 1.00 bits per heavy atom. The molecule has 20 heavy (non-hydrogen) atoms. The van der Waals surface area contributed by atoms with E-state index in [9.17, 15) is 10.1 Å². The highest BCUT2D eigenvalue weighted by Crippen LogP contribution is 2.40. The van der Waals surface area contributed by atoms with Crippen LogP contribution < -0.4 is 5.30 Å². The summed E-state index contributed by atoms with van der Waals surface area (Å²) >= 11 is 0. The monoisotopic (exact) mass is 288 g/mol. The van der Waals surface area contributed by atoms with Crippen LogP contribution in [0, 0.1) is 17.0 Å². The molecule has 2 rings (SSSR count). The van der Waals surface area contributed by atoms with Crippen LogP contribution in [0.3, 0.4) is 0 Å². The number of nitro benzene ring substituents is 1. The average molecular weight is 288 g/mol. The number of rotatable bonds is 4. The van der Waals surface area contributed by atoms with Gasteiger partial charge in [0.05, 0.1) is 15.4 Å². The van der Waals surface area contributed by atoms with Gasteiger partial charge in [0.15, 0.2) is 0 Å². The molecule has 0 N–H and O–H groups in total. The van der Waals surface area contributed by atoms with Crippen LogP contribution in [0.25, 0.3) is 0 Å². The lowest BCUT2D eigenvalue weighted by molar-refractivity contribution is -0.384. The SMILES string of the molecule is Cc1ccc(C(C)(C)[PH2+]c2ccc([N+](=O)[O-])cc2)cc1. The van der Waals surface area contributed by atoms with E-state index >= 15 is 0 Å². The van der Waals surface area contributed by atoms with Gasteiger partial charge in [-0.2, -0.15) is 0 Å². The van der Waals surface area contributed by atoms with Crippen LogP contribution in [-0.4, -0.2) is 4.92 Å². The van der Waals surface area contributed by atoms with Crippen molar-refractivity contribution in [1.29, 1.82) is 0 Å².